The molecule has 1 aromatic heterocycles. The Morgan fingerprint density at radius 3 is 2.08 bits per heavy atom. The second-order valence-electron chi connectivity index (χ2n) is 3.15. The molecule has 0 aliphatic carbocycles. The number of aryl methyl sites for hydroxylation is 1. The quantitative estimate of drug-likeness (QED) is 0.626. The first-order valence-corrected chi connectivity index (χ1v) is 4.07. The number of hydrogen-bond acceptors (Lipinski definition) is 1. The topological polar surface area (TPSA) is 12.9 Å². The van der Waals surface area contributed by atoms with Gasteiger partial charge in [0.2, 0.25) is 0 Å². The third kappa shape index (κ3) is 1.33. The summed E-state index contributed by atoms with van der Waals surface area (Å²) >= 11 is 0. The maximum absolute atomic E-state index is 12.4. The summed E-state index contributed by atoms with van der Waals surface area (Å²) in [4.78, 5) is 4.18. The van der Waals surface area contributed by atoms with Gasteiger partial charge in [0, 0.05) is 5.69 Å². The normalized spacial score (nSPS) is 10.4. The number of pyridine rings is 1. The summed E-state index contributed by atoms with van der Waals surface area (Å²) in [5.41, 5.74) is 4.84. The summed E-state index contributed by atoms with van der Waals surface area (Å²) in [6.45, 7) is 7.41. The van der Waals surface area contributed by atoms with Crippen molar-refractivity contribution in [1.29, 1.82) is 0 Å². The molecule has 12 heavy (non-hydrogen) atoms. The van der Waals surface area contributed by atoms with Gasteiger partial charge in [0.15, 0.2) is 0 Å². The minimum Gasteiger partial charge on any atom is -0.255 e. The molecule has 0 atom stereocenters. The van der Waals surface area contributed by atoms with Crippen LogP contribution in [0, 0.1) is 27.7 Å². The van der Waals surface area contributed by atoms with Crippen LogP contribution in [0.1, 0.15) is 28.1 Å². The van der Waals surface area contributed by atoms with Gasteiger partial charge in [-0.2, -0.15) is 0 Å². The predicted molar refractivity (Wildman–Crippen MR) is 48.0 cm³/mol. The molecule has 0 N–H and O–H groups in total. The van der Waals surface area contributed by atoms with E-state index in [1.807, 2.05) is 27.7 Å². The molecule has 0 unspecified atom stereocenters. The van der Waals surface area contributed by atoms with E-state index in [0.717, 1.165) is 16.8 Å². The van der Waals surface area contributed by atoms with Crippen molar-refractivity contribution in [2.45, 2.75) is 34.4 Å². The Balaban J connectivity index is 3.39. The van der Waals surface area contributed by atoms with Crippen molar-refractivity contribution >= 4 is 0 Å². The summed E-state index contributed by atoms with van der Waals surface area (Å²) in [6, 6.07) is 0. The van der Waals surface area contributed by atoms with Crippen LogP contribution in [0.3, 0.4) is 0 Å². The van der Waals surface area contributed by atoms with Crippen molar-refractivity contribution in [3.8, 4) is 0 Å². The van der Waals surface area contributed by atoms with E-state index in [-0.39, 0.29) is 0 Å². The van der Waals surface area contributed by atoms with Gasteiger partial charge < -0.3 is 0 Å². The van der Waals surface area contributed by atoms with E-state index >= 15 is 0 Å². The highest BCUT2D eigenvalue weighted by atomic mass is 19.1. The number of hydrogen-bond donors (Lipinski definition) is 0. The maximum atomic E-state index is 12.4. The van der Waals surface area contributed by atoms with Crippen LogP contribution in [0.5, 0.6) is 0 Å². The third-order valence-corrected chi connectivity index (χ3v) is 2.53. The number of nitrogens with zero attached hydrogens (tertiary/aromatic N) is 1. The predicted octanol–water partition coefficient (Wildman–Crippen LogP) is 2.78. The Morgan fingerprint density at radius 1 is 1.00 bits per heavy atom. The molecular formula is C10H14FN. The van der Waals surface area contributed by atoms with Crippen molar-refractivity contribution in [1.82, 2.24) is 4.98 Å². The lowest BCUT2D eigenvalue weighted by atomic mass is 10.0. The Kier molecular flexibility index (Phi) is 2.46. The van der Waals surface area contributed by atoms with Crippen molar-refractivity contribution in [3.05, 3.63) is 28.1 Å². The summed E-state index contributed by atoms with van der Waals surface area (Å²) in [5.74, 6) is 0. The molecule has 1 heterocycles. The van der Waals surface area contributed by atoms with Crippen molar-refractivity contribution in [2.24, 2.45) is 0 Å². The van der Waals surface area contributed by atoms with E-state index in [4.69, 9.17) is 0 Å². The van der Waals surface area contributed by atoms with Gasteiger partial charge in [0.25, 0.3) is 0 Å². The first-order chi connectivity index (χ1) is 5.57. The Morgan fingerprint density at radius 2 is 1.58 bits per heavy atom. The molecule has 0 amide bonds. The molecule has 0 fully saturated rings. The van der Waals surface area contributed by atoms with Crippen molar-refractivity contribution in [3.63, 3.8) is 0 Å². The SMILES string of the molecule is Cc1nc(CF)c(C)c(C)c1C. The van der Waals surface area contributed by atoms with E-state index in [0.29, 0.717) is 5.69 Å². The van der Waals surface area contributed by atoms with E-state index in [2.05, 4.69) is 4.98 Å². The summed E-state index contributed by atoms with van der Waals surface area (Å²) in [5, 5.41) is 0. The van der Waals surface area contributed by atoms with E-state index in [1.54, 1.807) is 0 Å². The second kappa shape index (κ2) is 3.21. The van der Waals surface area contributed by atoms with Gasteiger partial charge in [-0.3, -0.25) is 4.98 Å². The zero-order valence-corrected chi connectivity index (χ0v) is 8.03. The molecule has 1 nitrogen and oxygen atoms in total. The highest BCUT2D eigenvalue weighted by Gasteiger charge is 2.07. The number of halogens is 1. The van der Waals surface area contributed by atoms with Crippen LogP contribution in [-0.4, -0.2) is 4.98 Å². The molecule has 1 aromatic rings. The average molecular weight is 167 g/mol. The monoisotopic (exact) mass is 167 g/mol. The van der Waals surface area contributed by atoms with Gasteiger partial charge in [0.05, 0.1) is 5.69 Å². The molecule has 0 bridgehead atoms. The van der Waals surface area contributed by atoms with Gasteiger partial charge >= 0.3 is 0 Å². The minimum atomic E-state index is -0.464. The molecule has 2 heteroatoms. The Labute approximate surface area is 72.6 Å². The fraction of sp³-hybridized carbons (Fsp3) is 0.500. The molecule has 0 saturated heterocycles. The molecule has 0 saturated carbocycles. The molecule has 0 aromatic carbocycles. The summed E-state index contributed by atoms with van der Waals surface area (Å²) in [7, 11) is 0. The molecule has 0 radical (unpaired) electrons. The van der Waals surface area contributed by atoms with E-state index in [9.17, 15) is 4.39 Å². The van der Waals surface area contributed by atoms with Crippen LogP contribution < -0.4 is 0 Å². The van der Waals surface area contributed by atoms with E-state index in [1.165, 1.54) is 5.56 Å². The summed E-state index contributed by atoms with van der Waals surface area (Å²) < 4.78 is 12.4. The maximum Gasteiger partial charge on any atom is 0.132 e. The number of rotatable bonds is 1. The standard InChI is InChI=1S/C10H14FN/c1-6-7(2)9(4)12-10(5-11)8(6)3/h5H2,1-4H3. The van der Waals surface area contributed by atoms with Gasteiger partial charge in [-0.1, -0.05) is 0 Å². The van der Waals surface area contributed by atoms with Crippen molar-refractivity contribution in [2.75, 3.05) is 0 Å². The highest BCUT2D eigenvalue weighted by molar-refractivity contribution is 5.37. The van der Waals surface area contributed by atoms with Gasteiger partial charge in [0.1, 0.15) is 6.67 Å². The lowest BCUT2D eigenvalue weighted by Crippen LogP contribution is -2.00. The zero-order chi connectivity index (χ0) is 9.30. The zero-order valence-electron chi connectivity index (χ0n) is 8.03. The first-order valence-electron chi connectivity index (χ1n) is 4.07. The van der Waals surface area contributed by atoms with Gasteiger partial charge in [-0.05, 0) is 44.4 Å². The van der Waals surface area contributed by atoms with Crippen LogP contribution in [-0.2, 0) is 6.67 Å². The molecule has 1 rings (SSSR count). The fourth-order valence-electron chi connectivity index (χ4n) is 1.27. The van der Waals surface area contributed by atoms with Crippen LogP contribution in [0.2, 0.25) is 0 Å². The van der Waals surface area contributed by atoms with Gasteiger partial charge in [-0.15, -0.1) is 0 Å². The largest absolute Gasteiger partial charge is 0.255 e. The Bertz CT molecular complexity index is 305. The first kappa shape index (κ1) is 9.17. The van der Waals surface area contributed by atoms with Crippen LogP contribution in [0.4, 0.5) is 4.39 Å². The Hall–Kier alpha value is -0.920. The lowest BCUT2D eigenvalue weighted by Gasteiger charge is -2.10. The minimum absolute atomic E-state index is 0.464. The lowest BCUT2D eigenvalue weighted by molar-refractivity contribution is 0.473. The summed E-state index contributed by atoms with van der Waals surface area (Å²) in [6.07, 6.45) is 0. The van der Waals surface area contributed by atoms with Crippen LogP contribution in [0.15, 0.2) is 0 Å². The smallest absolute Gasteiger partial charge is 0.132 e. The molecule has 66 valence electrons. The average Bonchev–Trinajstić information content (AvgIpc) is 2.08. The third-order valence-electron chi connectivity index (χ3n) is 2.53. The second-order valence-corrected chi connectivity index (χ2v) is 3.15. The van der Waals surface area contributed by atoms with E-state index < -0.39 is 6.67 Å². The van der Waals surface area contributed by atoms with Crippen LogP contribution in [0.25, 0.3) is 0 Å². The molecular weight excluding hydrogens is 153 g/mol. The van der Waals surface area contributed by atoms with Crippen LogP contribution >= 0.6 is 0 Å². The number of alkyl halides is 1. The fourth-order valence-corrected chi connectivity index (χ4v) is 1.27. The molecule has 0 aliphatic rings. The highest BCUT2D eigenvalue weighted by Crippen LogP contribution is 2.18. The molecule has 0 spiro atoms. The van der Waals surface area contributed by atoms with Gasteiger partial charge in [-0.25, -0.2) is 4.39 Å². The van der Waals surface area contributed by atoms with Crippen molar-refractivity contribution < 1.29 is 4.39 Å². The number of aromatic nitrogens is 1. The molecule has 0 aliphatic heterocycles.